The molecule has 0 atom stereocenters. The third-order valence-electron chi connectivity index (χ3n) is 6.34. The van der Waals surface area contributed by atoms with Crippen molar-refractivity contribution in [1.29, 1.82) is 0 Å². The standard InChI is InChI=1S/C25H38GeN/c1-18(2)21-12-13-23(19(3)14-21)25-16-24(26(4,5)6)22(17-27(25)7)15-20-10-8-9-11-20/h12-14,16-18,20H,8-11,15H2,1-7H3/q+1. The minimum atomic E-state index is -1.94. The monoisotopic (exact) mass is 426 g/mol. The van der Waals surface area contributed by atoms with E-state index in [0.717, 1.165) is 5.92 Å². The third kappa shape index (κ3) is 4.67. The SMILES string of the molecule is Cc1cc(C(C)C)ccc1-c1c[c]([Ge]([CH3])([CH3])[CH3])c(CC2CCCC2)c[n+]1C. The Hall–Kier alpha value is -1.09. The van der Waals surface area contributed by atoms with Crippen LogP contribution < -0.4 is 8.96 Å². The van der Waals surface area contributed by atoms with Crippen molar-refractivity contribution in [2.45, 2.75) is 76.1 Å². The van der Waals surface area contributed by atoms with Gasteiger partial charge in [-0.15, -0.1) is 0 Å². The molecule has 27 heavy (non-hydrogen) atoms. The molecule has 2 heteroatoms. The number of aromatic nitrogens is 1. The van der Waals surface area contributed by atoms with Gasteiger partial charge in [-0.2, -0.15) is 0 Å². The molecule has 0 radical (unpaired) electrons. The van der Waals surface area contributed by atoms with E-state index in [1.807, 2.05) is 0 Å². The van der Waals surface area contributed by atoms with Gasteiger partial charge in [0.2, 0.25) is 0 Å². The average Bonchev–Trinajstić information content (AvgIpc) is 3.07. The molecule has 0 aliphatic heterocycles. The van der Waals surface area contributed by atoms with Crippen LogP contribution in [0.1, 0.15) is 62.1 Å². The molecule has 1 nitrogen and oxygen atoms in total. The summed E-state index contributed by atoms with van der Waals surface area (Å²) in [4.78, 5) is 0. The first kappa shape index (κ1) is 20.6. The molecular formula is C25H38GeN+. The van der Waals surface area contributed by atoms with E-state index in [-0.39, 0.29) is 0 Å². The van der Waals surface area contributed by atoms with Gasteiger partial charge in [-0.1, -0.05) is 0 Å². The number of nitrogens with zero attached hydrogens (tertiary/aromatic N) is 1. The maximum absolute atomic E-state index is 2.56. The van der Waals surface area contributed by atoms with E-state index >= 15 is 0 Å². The molecule has 2 aromatic rings. The fraction of sp³-hybridized carbons (Fsp3) is 0.560. The topological polar surface area (TPSA) is 3.88 Å². The molecule has 1 aliphatic carbocycles. The van der Waals surface area contributed by atoms with E-state index in [2.05, 4.69) is 80.1 Å². The zero-order chi connectivity index (χ0) is 19.8. The first-order valence-electron chi connectivity index (χ1n) is 10.8. The average molecular weight is 425 g/mol. The van der Waals surface area contributed by atoms with Crippen LogP contribution in [-0.4, -0.2) is 13.3 Å². The van der Waals surface area contributed by atoms with Gasteiger partial charge in [0.1, 0.15) is 0 Å². The first-order valence-corrected chi connectivity index (χ1v) is 18.1. The van der Waals surface area contributed by atoms with E-state index in [0.29, 0.717) is 5.92 Å². The summed E-state index contributed by atoms with van der Waals surface area (Å²) in [5.74, 6) is 9.14. The Bertz CT molecular complexity index is 808. The van der Waals surface area contributed by atoms with Gasteiger partial charge >= 0.3 is 170 Å². The fourth-order valence-electron chi connectivity index (χ4n) is 4.69. The van der Waals surface area contributed by atoms with E-state index in [9.17, 15) is 0 Å². The van der Waals surface area contributed by atoms with Crippen LogP contribution in [0.25, 0.3) is 11.3 Å². The summed E-state index contributed by atoms with van der Waals surface area (Å²) in [7, 11) is 2.24. The normalized spacial score (nSPS) is 15.7. The molecule has 1 aromatic carbocycles. The van der Waals surface area contributed by atoms with Gasteiger partial charge in [-0.3, -0.25) is 0 Å². The molecule has 1 aromatic heterocycles. The Morgan fingerprint density at radius 1 is 1.07 bits per heavy atom. The molecule has 0 unspecified atom stereocenters. The summed E-state index contributed by atoms with van der Waals surface area (Å²) in [6, 6.07) is 9.60. The minimum absolute atomic E-state index is 0.584. The second-order valence-corrected chi connectivity index (χ2v) is 20.6. The van der Waals surface area contributed by atoms with Crippen molar-refractivity contribution in [2.75, 3.05) is 0 Å². The van der Waals surface area contributed by atoms with Gasteiger partial charge < -0.3 is 0 Å². The van der Waals surface area contributed by atoms with Crippen molar-refractivity contribution >= 4 is 17.7 Å². The number of rotatable bonds is 5. The fourth-order valence-corrected chi connectivity index (χ4v) is 8.26. The third-order valence-corrected chi connectivity index (χ3v) is 10.7. The number of aryl methyl sites for hydroxylation is 2. The van der Waals surface area contributed by atoms with Crippen LogP contribution in [0.15, 0.2) is 30.5 Å². The Labute approximate surface area is 169 Å². The molecule has 1 saturated carbocycles. The van der Waals surface area contributed by atoms with Crippen LogP contribution in [0, 0.1) is 12.8 Å². The number of benzene rings is 1. The van der Waals surface area contributed by atoms with Crippen LogP contribution in [0.3, 0.4) is 0 Å². The van der Waals surface area contributed by atoms with Gasteiger partial charge in [-0.25, -0.2) is 0 Å². The van der Waals surface area contributed by atoms with Crippen LogP contribution in [0.5, 0.6) is 0 Å². The van der Waals surface area contributed by atoms with Crippen LogP contribution in [-0.2, 0) is 13.5 Å². The van der Waals surface area contributed by atoms with Gasteiger partial charge in [-0.05, 0) is 0 Å². The van der Waals surface area contributed by atoms with Crippen molar-refractivity contribution in [1.82, 2.24) is 0 Å². The summed E-state index contributed by atoms with van der Waals surface area (Å²) in [5, 5.41) is 0. The molecule has 0 bridgehead atoms. The van der Waals surface area contributed by atoms with Crippen molar-refractivity contribution in [3.05, 3.63) is 47.2 Å². The van der Waals surface area contributed by atoms with Gasteiger partial charge in [0.25, 0.3) is 0 Å². The Morgan fingerprint density at radius 3 is 2.30 bits per heavy atom. The summed E-state index contributed by atoms with van der Waals surface area (Å²) in [6.45, 7) is 6.82. The van der Waals surface area contributed by atoms with Crippen molar-refractivity contribution in [2.24, 2.45) is 13.0 Å². The summed E-state index contributed by atoms with van der Waals surface area (Å²) in [6.07, 6.45) is 9.48. The number of hydrogen-bond donors (Lipinski definition) is 0. The van der Waals surface area contributed by atoms with E-state index in [1.165, 1.54) is 54.5 Å². The molecular weight excluding hydrogens is 387 g/mol. The summed E-state index contributed by atoms with van der Waals surface area (Å²) < 4.78 is 4.10. The molecule has 1 fully saturated rings. The van der Waals surface area contributed by atoms with Gasteiger partial charge in [0.05, 0.1) is 0 Å². The molecule has 1 aliphatic rings. The predicted octanol–water partition coefficient (Wildman–Crippen LogP) is 5.89. The van der Waals surface area contributed by atoms with Crippen molar-refractivity contribution in [3.8, 4) is 11.3 Å². The van der Waals surface area contributed by atoms with E-state index < -0.39 is 13.3 Å². The summed E-state index contributed by atoms with van der Waals surface area (Å²) >= 11 is -1.94. The summed E-state index contributed by atoms with van der Waals surface area (Å²) in [5.41, 5.74) is 7.24. The van der Waals surface area contributed by atoms with E-state index in [1.54, 1.807) is 9.96 Å². The number of pyridine rings is 1. The second-order valence-electron chi connectivity index (χ2n) is 10.0. The zero-order valence-corrected chi connectivity index (χ0v) is 20.6. The molecule has 0 spiro atoms. The first-order chi connectivity index (χ1) is 12.7. The Balaban J connectivity index is 2.06. The molecule has 146 valence electrons. The predicted molar refractivity (Wildman–Crippen MR) is 121 cm³/mol. The molecule has 3 rings (SSSR count). The second kappa shape index (κ2) is 8.11. The quantitative estimate of drug-likeness (QED) is 0.416. The maximum atomic E-state index is 2.56. The molecule has 0 amide bonds. The van der Waals surface area contributed by atoms with Crippen LogP contribution in [0.2, 0.25) is 17.3 Å². The Morgan fingerprint density at radius 2 is 1.74 bits per heavy atom. The van der Waals surface area contributed by atoms with E-state index in [4.69, 9.17) is 0 Å². The number of hydrogen-bond acceptors (Lipinski definition) is 0. The molecule has 0 saturated heterocycles. The van der Waals surface area contributed by atoms with Crippen LogP contribution >= 0.6 is 0 Å². The van der Waals surface area contributed by atoms with Crippen molar-refractivity contribution < 1.29 is 4.57 Å². The van der Waals surface area contributed by atoms with Gasteiger partial charge in [0.15, 0.2) is 0 Å². The van der Waals surface area contributed by atoms with Crippen molar-refractivity contribution in [3.63, 3.8) is 0 Å². The van der Waals surface area contributed by atoms with Gasteiger partial charge in [0, 0.05) is 0 Å². The van der Waals surface area contributed by atoms with Crippen LogP contribution in [0.4, 0.5) is 0 Å². The zero-order valence-electron chi connectivity index (χ0n) is 18.5. The molecule has 1 heterocycles. The molecule has 0 N–H and O–H groups in total. The Kier molecular flexibility index (Phi) is 6.20.